The summed E-state index contributed by atoms with van der Waals surface area (Å²) in [5.74, 6) is -0.535. The van der Waals surface area contributed by atoms with E-state index in [9.17, 15) is 9.59 Å². The molecule has 0 radical (unpaired) electrons. The van der Waals surface area contributed by atoms with E-state index in [1.54, 1.807) is 30.2 Å². The first-order valence-electron chi connectivity index (χ1n) is 10.6. The fourth-order valence-corrected chi connectivity index (χ4v) is 3.87. The molecule has 1 amide bonds. The summed E-state index contributed by atoms with van der Waals surface area (Å²) in [5.41, 5.74) is 0.934. The quantitative estimate of drug-likeness (QED) is 0.488. The number of ether oxygens (including phenoxy) is 2. The van der Waals surface area contributed by atoms with Crippen LogP contribution in [0.1, 0.15) is 57.7 Å². The molecule has 33 heavy (non-hydrogen) atoms. The third kappa shape index (κ3) is 5.40. The summed E-state index contributed by atoms with van der Waals surface area (Å²) in [4.78, 5) is 24.1. The molecule has 0 saturated carbocycles. The monoisotopic (exact) mass is 458 g/mol. The molecule has 3 aromatic rings. The van der Waals surface area contributed by atoms with Crippen LogP contribution in [0.3, 0.4) is 0 Å². The summed E-state index contributed by atoms with van der Waals surface area (Å²) in [6.07, 6.45) is 5.82. The van der Waals surface area contributed by atoms with Gasteiger partial charge in [0.15, 0.2) is 0 Å². The first-order chi connectivity index (χ1) is 15.9. The Kier molecular flexibility index (Phi) is 6.73. The Bertz CT molecular complexity index is 1110. The van der Waals surface area contributed by atoms with Crippen molar-refractivity contribution in [3.05, 3.63) is 47.3 Å². The van der Waals surface area contributed by atoms with Gasteiger partial charge in [0, 0.05) is 26.5 Å². The topological polar surface area (TPSA) is 147 Å². The van der Waals surface area contributed by atoms with Crippen LogP contribution in [-0.4, -0.2) is 62.1 Å². The van der Waals surface area contributed by atoms with Gasteiger partial charge < -0.3 is 24.3 Å². The minimum Gasteiger partial charge on any atom is -0.479 e. The van der Waals surface area contributed by atoms with Gasteiger partial charge in [-0.05, 0) is 37.3 Å². The van der Waals surface area contributed by atoms with Crippen LogP contribution in [0.15, 0.2) is 28.9 Å². The first kappa shape index (κ1) is 22.5. The van der Waals surface area contributed by atoms with Crippen molar-refractivity contribution in [2.24, 2.45) is 13.0 Å². The molecule has 12 nitrogen and oxygen atoms in total. The van der Waals surface area contributed by atoms with Gasteiger partial charge in [0.05, 0.1) is 19.3 Å². The number of furan rings is 1. The number of carbonyl (C=O) groups excluding carboxylic acids is 1. The molecular formula is C21H26N6O6. The molecule has 2 N–H and O–H groups in total. The predicted molar refractivity (Wildman–Crippen MR) is 113 cm³/mol. The van der Waals surface area contributed by atoms with Crippen LogP contribution < -0.4 is 10.1 Å². The summed E-state index contributed by atoms with van der Waals surface area (Å²) in [6.45, 7) is 1.60. The van der Waals surface area contributed by atoms with Crippen molar-refractivity contribution in [3.8, 4) is 5.88 Å². The normalized spacial score (nSPS) is 15.3. The van der Waals surface area contributed by atoms with E-state index in [-0.39, 0.29) is 30.1 Å². The average Bonchev–Trinajstić information content (AvgIpc) is 3.54. The molecule has 0 spiro atoms. The second kappa shape index (κ2) is 9.86. The highest BCUT2D eigenvalue weighted by Crippen LogP contribution is 2.28. The zero-order valence-corrected chi connectivity index (χ0v) is 18.4. The van der Waals surface area contributed by atoms with Crippen molar-refractivity contribution < 1.29 is 28.6 Å². The molecule has 0 aliphatic carbocycles. The minimum atomic E-state index is -1.13. The van der Waals surface area contributed by atoms with Crippen LogP contribution in [0.25, 0.3) is 0 Å². The van der Waals surface area contributed by atoms with Gasteiger partial charge in [0.1, 0.15) is 23.6 Å². The van der Waals surface area contributed by atoms with E-state index in [0.29, 0.717) is 42.6 Å². The number of carbonyl (C=O) groups is 2. The van der Waals surface area contributed by atoms with Crippen LogP contribution in [-0.2, 0) is 18.3 Å². The number of carboxylic acid groups (broad SMARTS) is 1. The van der Waals surface area contributed by atoms with Crippen molar-refractivity contribution in [3.63, 3.8) is 0 Å². The molecule has 3 aromatic heterocycles. The fourth-order valence-electron chi connectivity index (χ4n) is 3.87. The molecule has 1 unspecified atom stereocenters. The van der Waals surface area contributed by atoms with E-state index in [1.807, 2.05) is 0 Å². The Hall–Kier alpha value is -3.67. The zero-order valence-electron chi connectivity index (χ0n) is 18.4. The molecule has 1 atom stereocenters. The van der Waals surface area contributed by atoms with E-state index in [1.165, 1.54) is 17.9 Å². The predicted octanol–water partition coefficient (Wildman–Crippen LogP) is 1.65. The molecule has 176 valence electrons. The second-order valence-electron chi connectivity index (χ2n) is 7.96. The lowest BCUT2D eigenvalue weighted by atomic mass is 9.91. The molecule has 12 heteroatoms. The van der Waals surface area contributed by atoms with Crippen molar-refractivity contribution in [2.75, 3.05) is 20.3 Å². The smallest absolute Gasteiger partial charge is 0.371 e. The van der Waals surface area contributed by atoms with E-state index in [4.69, 9.17) is 19.0 Å². The second-order valence-corrected chi connectivity index (χ2v) is 7.96. The van der Waals surface area contributed by atoms with E-state index >= 15 is 0 Å². The van der Waals surface area contributed by atoms with Crippen molar-refractivity contribution in [1.29, 1.82) is 0 Å². The SMILES string of the molecule is COc1nn(C)cc1C(=O)NC(CC1CCOCC1)c1cn(Cc2ccc(C(=O)O)o2)nn1. The Balaban J connectivity index is 1.52. The van der Waals surface area contributed by atoms with Gasteiger partial charge in [-0.3, -0.25) is 9.48 Å². The van der Waals surface area contributed by atoms with Gasteiger partial charge in [-0.1, -0.05) is 5.21 Å². The lowest BCUT2D eigenvalue weighted by Gasteiger charge is -2.26. The van der Waals surface area contributed by atoms with Crippen LogP contribution >= 0.6 is 0 Å². The van der Waals surface area contributed by atoms with Crippen LogP contribution in [0.4, 0.5) is 0 Å². The number of nitrogens with one attached hydrogen (secondary N) is 1. The minimum absolute atomic E-state index is 0.139. The molecule has 1 aliphatic rings. The lowest BCUT2D eigenvalue weighted by molar-refractivity contribution is 0.0595. The number of aromatic nitrogens is 5. The molecule has 0 aromatic carbocycles. The van der Waals surface area contributed by atoms with Gasteiger partial charge in [-0.25, -0.2) is 9.48 Å². The Labute approximate surface area is 189 Å². The van der Waals surface area contributed by atoms with Crippen molar-refractivity contribution in [2.45, 2.75) is 31.8 Å². The number of nitrogens with zero attached hydrogens (tertiary/aromatic N) is 5. The molecular weight excluding hydrogens is 432 g/mol. The first-order valence-corrected chi connectivity index (χ1v) is 10.6. The maximum atomic E-state index is 13.0. The third-order valence-electron chi connectivity index (χ3n) is 5.55. The van der Waals surface area contributed by atoms with Gasteiger partial charge in [0.25, 0.3) is 5.91 Å². The number of rotatable bonds is 9. The van der Waals surface area contributed by atoms with Gasteiger partial charge in [0.2, 0.25) is 11.6 Å². The molecule has 0 bridgehead atoms. The molecule has 4 heterocycles. The fraction of sp³-hybridized carbons (Fsp3) is 0.476. The summed E-state index contributed by atoms with van der Waals surface area (Å²) >= 11 is 0. The van der Waals surface area contributed by atoms with Gasteiger partial charge in [-0.2, -0.15) is 0 Å². The van der Waals surface area contributed by atoms with Crippen LogP contribution in [0.2, 0.25) is 0 Å². The molecule has 1 saturated heterocycles. The van der Waals surface area contributed by atoms with Crippen LogP contribution in [0.5, 0.6) is 5.88 Å². The number of hydrogen-bond donors (Lipinski definition) is 2. The number of carboxylic acids is 1. The summed E-state index contributed by atoms with van der Waals surface area (Å²) in [7, 11) is 3.18. The molecule has 4 rings (SSSR count). The van der Waals surface area contributed by atoms with Crippen molar-refractivity contribution in [1.82, 2.24) is 30.1 Å². The van der Waals surface area contributed by atoms with Gasteiger partial charge >= 0.3 is 5.97 Å². The van der Waals surface area contributed by atoms with Gasteiger partial charge in [-0.15, -0.1) is 10.2 Å². The molecule has 1 fully saturated rings. The average molecular weight is 458 g/mol. The lowest BCUT2D eigenvalue weighted by Crippen LogP contribution is -2.31. The number of amides is 1. The largest absolute Gasteiger partial charge is 0.479 e. The van der Waals surface area contributed by atoms with Crippen LogP contribution in [0, 0.1) is 5.92 Å². The highest BCUT2D eigenvalue weighted by Gasteiger charge is 2.27. The Morgan fingerprint density at radius 2 is 2.09 bits per heavy atom. The Morgan fingerprint density at radius 3 is 2.79 bits per heavy atom. The standard InChI is InChI=1S/C21H26N6O6/c1-26-11-15(20(24-26)31-2)19(28)22-16(9-13-5-7-32-8-6-13)17-12-27(25-23-17)10-14-3-4-18(33-14)21(29)30/h3-4,11-13,16H,5-10H2,1-2H3,(H,22,28)(H,29,30). The maximum Gasteiger partial charge on any atom is 0.371 e. The number of methoxy groups -OCH3 is 1. The summed E-state index contributed by atoms with van der Waals surface area (Å²) < 4.78 is 19.0. The summed E-state index contributed by atoms with van der Waals surface area (Å²) in [6, 6.07) is 2.59. The highest BCUT2D eigenvalue weighted by molar-refractivity contribution is 5.96. The summed E-state index contributed by atoms with van der Waals surface area (Å²) in [5, 5.41) is 24.6. The number of aryl methyl sites for hydroxylation is 1. The Morgan fingerprint density at radius 1 is 1.30 bits per heavy atom. The number of aromatic carboxylic acids is 1. The van der Waals surface area contributed by atoms with Crippen molar-refractivity contribution >= 4 is 11.9 Å². The van der Waals surface area contributed by atoms with E-state index < -0.39 is 5.97 Å². The highest BCUT2D eigenvalue weighted by atomic mass is 16.5. The van der Waals surface area contributed by atoms with E-state index in [2.05, 4.69) is 20.7 Å². The number of hydrogen-bond acceptors (Lipinski definition) is 8. The van der Waals surface area contributed by atoms with E-state index in [0.717, 1.165) is 12.8 Å². The molecule has 1 aliphatic heterocycles. The zero-order chi connectivity index (χ0) is 23.4. The third-order valence-corrected chi connectivity index (χ3v) is 5.55. The maximum absolute atomic E-state index is 13.0.